The predicted molar refractivity (Wildman–Crippen MR) is 74.6 cm³/mol. The lowest BCUT2D eigenvalue weighted by atomic mass is 10.1. The SMILES string of the molecule is Cc1cccc(NC(=O)Cc2ccc(F)c(F)c2)c1C#N. The van der Waals surface area contributed by atoms with E-state index in [2.05, 4.69) is 5.32 Å². The quantitative estimate of drug-likeness (QED) is 0.941. The van der Waals surface area contributed by atoms with E-state index >= 15 is 0 Å². The first-order chi connectivity index (χ1) is 10.0. The molecule has 0 spiro atoms. The molecule has 1 N–H and O–H groups in total. The average molecular weight is 286 g/mol. The molecule has 2 aromatic rings. The predicted octanol–water partition coefficient (Wildman–Crippen LogP) is 3.33. The van der Waals surface area contributed by atoms with Gasteiger partial charge in [-0.2, -0.15) is 5.26 Å². The standard InChI is InChI=1S/C16H12F2N2O/c1-10-3-2-4-15(12(10)9-19)20-16(21)8-11-5-6-13(17)14(18)7-11/h2-7H,8H2,1H3,(H,20,21). The maximum atomic E-state index is 13.1. The second-order valence-electron chi connectivity index (χ2n) is 4.58. The van der Waals surface area contributed by atoms with Crippen LogP contribution in [0.3, 0.4) is 0 Å². The Morgan fingerprint density at radius 1 is 1.24 bits per heavy atom. The van der Waals surface area contributed by atoms with Gasteiger partial charge in [0, 0.05) is 0 Å². The van der Waals surface area contributed by atoms with Gasteiger partial charge in [-0.3, -0.25) is 4.79 Å². The topological polar surface area (TPSA) is 52.9 Å². The molecule has 1 amide bonds. The Bertz CT molecular complexity index is 736. The van der Waals surface area contributed by atoms with Crippen LogP contribution in [0.2, 0.25) is 0 Å². The number of carbonyl (C=O) groups is 1. The van der Waals surface area contributed by atoms with Crippen LogP contribution in [0.25, 0.3) is 0 Å². The first-order valence-corrected chi connectivity index (χ1v) is 6.24. The van der Waals surface area contributed by atoms with Gasteiger partial charge in [-0.05, 0) is 36.2 Å². The Morgan fingerprint density at radius 2 is 2.00 bits per heavy atom. The van der Waals surface area contributed by atoms with Gasteiger partial charge in [-0.1, -0.05) is 18.2 Å². The highest BCUT2D eigenvalue weighted by Crippen LogP contribution is 2.18. The lowest BCUT2D eigenvalue weighted by Gasteiger charge is -2.09. The van der Waals surface area contributed by atoms with Crippen molar-refractivity contribution in [2.24, 2.45) is 0 Å². The van der Waals surface area contributed by atoms with Gasteiger partial charge in [0.1, 0.15) is 6.07 Å². The Balaban J connectivity index is 2.14. The fourth-order valence-corrected chi connectivity index (χ4v) is 1.95. The number of aryl methyl sites for hydroxylation is 1. The number of anilines is 1. The van der Waals surface area contributed by atoms with Crippen LogP contribution in [0.4, 0.5) is 14.5 Å². The third kappa shape index (κ3) is 3.42. The second-order valence-corrected chi connectivity index (χ2v) is 4.58. The van der Waals surface area contributed by atoms with Crippen molar-refractivity contribution in [1.82, 2.24) is 0 Å². The highest BCUT2D eigenvalue weighted by Gasteiger charge is 2.10. The average Bonchev–Trinajstić information content (AvgIpc) is 2.43. The minimum absolute atomic E-state index is 0.101. The molecule has 0 heterocycles. The van der Waals surface area contributed by atoms with Crippen LogP contribution in [0.1, 0.15) is 16.7 Å². The molecular weight excluding hydrogens is 274 g/mol. The molecule has 0 saturated heterocycles. The first kappa shape index (κ1) is 14.7. The van der Waals surface area contributed by atoms with Crippen molar-refractivity contribution in [2.45, 2.75) is 13.3 Å². The smallest absolute Gasteiger partial charge is 0.228 e. The number of hydrogen-bond acceptors (Lipinski definition) is 2. The van der Waals surface area contributed by atoms with Crippen LogP contribution < -0.4 is 5.32 Å². The van der Waals surface area contributed by atoms with Gasteiger partial charge >= 0.3 is 0 Å². The summed E-state index contributed by atoms with van der Waals surface area (Å²) in [5.41, 5.74) is 1.90. The van der Waals surface area contributed by atoms with E-state index in [9.17, 15) is 13.6 Å². The monoisotopic (exact) mass is 286 g/mol. The van der Waals surface area contributed by atoms with E-state index in [0.717, 1.165) is 17.7 Å². The van der Waals surface area contributed by atoms with Crippen molar-refractivity contribution >= 4 is 11.6 Å². The van der Waals surface area contributed by atoms with Gasteiger partial charge in [0.05, 0.1) is 17.7 Å². The van der Waals surface area contributed by atoms with Crippen molar-refractivity contribution in [3.8, 4) is 6.07 Å². The number of halogens is 2. The normalized spacial score (nSPS) is 10.0. The van der Waals surface area contributed by atoms with E-state index in [1.54, 1.807) is 25.1 Å². The van der Waals surface area contributed by atoms with E-state index in [1.165, 1.54) is 6.07 Å². The summed E-state index contributed by atoms with van der Waals surface area (Å²) in [6, 6.07) is 10.4. The molecule has 0 aliphatic carbocycles. The number of amides is 1. The Kier molecular flexibility index (Phi) is 4.29. The molecule has 106 valence electrons. The Labute approximate surface area is 120 Å². The van der Waals surface area contributed by atoms with E-state index in [4.69, 9.17) is 5.26 Å². The zero-order valence-electron chi connectivity index (χ0n) is 11.3. The lowest BCUT2D eigenvalue weighted by molar-refractivity contribution is -0.115. The summed E-state index contributed by atoms with van der Waals surface area (Å²) in [4.78, 5) is 11.9. The summed E-state index contributed by atoms with van der Waals surface area (Å²) in [6.45, 7) is 1.77. The third-order valence-electron chi connectivity index (χ3n) is 3.01. The molecule has 0 aliphatic rings. The molecule has 0 unspecified atom stereocenters. The second kappa shape index (κ2) is 6.14. The number of carbonyl (C=O) groups excluding carboxylic acids is 1. The zero-order valence-corrected chi connectivity index (χ0v) is 11.3. The maximum Gasteiger partial charge on any atom is 0.228 e. The van der Waals surface area contributed by atoms with E-state index < -0.39 is 17.5 Å². The first-order valence-electron chi connectivity index (χ1n) is 6.24. The van der Waals surface area contributed by atoms with Crippen molar-refractivity contribution < 1.29 is 13.6 Å². The number of rotatable bonds is 3. The van der Waals surface area contributed by atoms with Crippen molar-refractivity contribution in [3.63, 3.8) is 0 Å². The fourth-order valence-electron chi connectivity index (χ4n) is 1.95. The largest absolute Gasteiger partial charge is 0.325 e. The highest BCUT2D eigenvalue weighted by atomic mass is 19.2. The van der Waals surface area contributed by atoms with Crippen molar-refractivity contribution in [1.29, 1.82) is 5.26 Å². The number of benzene rings is 2. The number of hydrogen-bond donors (Lipinski definition) is 1. The molecule has 0 radical (unpaired) electrons. The Morgan fingerprint density at radius 3 is 2.67 bits per heavy atom. The molecule has 2 aromatic carbocycles. The van der Waals surface area contributed by atoms with Gasteiger partial charge in [-0.15, -0.1) is 0 Å². The van der Waals surface area contributed by atoms with E-state index in [0.29, 0.717) is 16.8 Å². The van der Waals surface area contributed by atoms with Gasteiger partial charge in [0.25, 0.3) is 0 Å². The molecule has 0 atom stereocenters. The molecule has 2 rings (SSSR count). The minimum atomic E-state index is -0.992. The summed E-state index contributed by atoms with van der Waals surface area (Å²) in [5, 5.41) is 11.7. The molecule has 0 aliphatic heterocycles. The molecule has 0 fully saturated rings. The van der Waals surface area contributed by atoms with Crippen LogP contribution in [0, 0.1) is 29.9 Å². The van der Waals surface area contributed by atoms with Gasteiger partial charge in [0.15, 0.2) is 11.6 Å². The molecule has 0 saturated carbocycles. The van der Waals surface area contributed by atoms with Crippen molar-refractivity contribution in [2.75, 3.05) is 5.32 Å². The van der Waals surface area contributed by atoms with E-state index in [-0.39, 0.29) is 6.42 Å². The maximum absolute atomic E-state index is 13.1. The molecule has 0 aromatic heterocycles. The fraction of sp³-hybridized carbons (Fsp3) is 0.125. The summed E-state index contributed by atoms with van der Waals surface area (Å²) in [6.07, 6.45) is -0.101. The molecular formula is C16H12F2N2O. The zero-order chi connectivity index (χ0) is 15.4. The summed E-state index contributed by atoms with van der Waals surface area (Å²) in [5.74, 6) is -2.35. The van der Waals surface area contributed by atoms with Crippen LogP contribution >= 0.6 is 0 Å². The Hall–Kier alpha value is -2.74. The summed E-state index contributed by atoms with van der Waals surface area (Å²) < 4.78 is 25.9. The summed E-state index contributed by atoms with van der Waals surface area (Å²) >= 11 is 0. The van der Waals surface area contributed by atoms with Gasteiger partial charge < -0.3 is 5.32 Å². The van der Waals surface area contributed by atoms with Gasteiger partial charge in [0.2, 0.25) is 5.91 Å². The van der Waals surface area contributed by atoms with Crippen LogP contribution in [-0.4, -0.2) is 5.91 Å². The molecule has 5 heteroatoms. The third-order valence-corrected chi connectivity index (χ3v) is 3.01. The summed E-state index contributed by atoms with van der Waals surface area (Å²) in [7, 11) is 0. The highest BCUT2D eigenvalue weighted by molar-refractivity contribution is 5.93. The number of nitrogens with zero attached hydrogens (tertiary/aromatic N) is 1. The lowest BCUT2D eigenvalue weighted by Crippen LogP contribution is -2.15. The molecule has 0 bridgehead atoms. The van der Waals surface area contributed by atoms with Gasteiger partial charge in [-0.25, -0.2) is 8.78 Å². The molecule has 21 heavy (non-hydrogen) atoms. The van der Waals surface area contributed by atoms with Crippen LogP contribution in [0.5, 0.6) is 0 Å². The molecule has 3 nitrogen and oxygen atoms in total. The van der Waals surface area contributed by atoms with E-state index in [1.807, 2.05) is 6.07 Å². The van der Waals surface area contributed by atoms with Crippen LogP contribution in [-0.2, 0) is 11.2 Å². The minimum Gasteiger partial charge on any atom is -0.325 e. The van der Waals surface area contributed by atoms with Crippen molar-refractivity contribution in [3.05, 3.63) is 64.7 Å². The van der Waals surface area contributed by atoms with Crippen LogP contribution in [0.15, 0.2) is 36.4 Å². The number of nitriles is 1. The number of nitrogens with one attached hydrogen (secondary N) is 1.